The summed E-state index contributed by atoms with van der Waals surface area (Å²) >= 11 is 0. The van der Waals surface area contributed by atoms with Gasteiger partial charge in [-0.25, -0.2) is 4.79 Å². The van der Waals surface area contributed by atoms with Gasteiger partial charge in [-0.1, -0.05) is 24.3 Å². The molecule has 1 N–H and O–H groups in total. The van der Waals surface area contributed by atoms with Crippen molar-refractivity contribution in [2.24, 2.45) is 0 Å². The summed E-state index contributed by atoms with van der Waals surface area (Å²) in [5.74, 6) is -0.415. The maximum absolute atomic E-state index is 11.6. The third-order valence-electron chi connectivity index (χ3n) is 2.96. The Labute approximate surface area is 121 Å². The lowest BCUT2D eigenvalue weighted by Gasteiger charge is -2.10. The van der Waals surface area contributed by atoms with E-state index in [2.05, 4.69) is 5.32 Å². The number of methoxy groups -OCH3 is 1. The molecule has 2 aromatic rings. The smallest absolute Gasteiger partial charge is 0.339 e. The fourth-order valence-electron chi connectivity index (χ4n) is 1.86. The Bertz CT molecular complexity index is 653. The number of nitro groups is 1. The Balaban J connectivity index is 2.09. The van der Waals surface area contributed by atoms with Crippen LogP contribution in [-0.2, 0) is 11.3 Å². The number of non-ortho nitro benzene ring substituents is 1. The van der Waals surface area contributed by atoms with E-state index in [4.69, 9.17) is 4.74 Å². The summed E-state index contributed by atoms with van der Waals surface area (Å²) in [6.07, 6.45) is 0. The van der Waals surface area contributed by atoms with Gasteiger partial charge < -0.3 is 10.1 Å². The number of anilines is 1. The molecule has 21 heavy (non-hydrogen) atoms. The third kappa shape index (κ3) is 3.56. The highest BCUT2D eigenvalue weighted by atomic mass is 16.6. The van der Waals surface area contributed by atoms with E-state index in [1.807, 2.05) is 6.07 Å². The molecule has 0 saturated carbocycles. The van der Waals surface area contributed by atoms with Gasteiger partial charge in [0.15, 0.2) is 0 Å². The first kappa shape index (κ1) is 14.5. The highest BCUT2D eigenvalue weighted by Gasteiger charge is 2.10. The number of ether oxygens (including phenoxy) is 1. The maximum Gasteiger partial charge on any atom is 0.339 e. The van der Waals surface area contributed by atoms with Crippen LogP contribution >= 0.6 is 0 Å². The molecule has 0 fully saturated rings. The van der Waals surface area contributed by atoms with Gasteiger partial charge in [0, 0.05) is 24.4 Å². The van der Waals surface area contributed by atoms with Crippen molar-refractivity contribution < 1.29 is 14.5 Å². The van der Waals surface area contributed by atoms with Gasteiger partial charge in [-0.05, 0) is 17.7 Å². The number of carbonyl (C=O) groups is 1. The van der Waals surface area contributed by atoms with Gasteiger partial charge in [-0.15, -0.1) is 0 Å². The molecule has 0 spiro atoms. The van der Waals surface area contributed by atoms with E-state index in [0.29, 0.717) is 17.8 Å². The monoisotopic (exact) mass is 286 g/mol. The highest BCUT2D eigenvalue weighted by molar-refractivity contribution is 5.95. The van der Waals surface area contributed by atoms with E-state index in [1.165, 1.54) is 19.2 Å². The second-order valence-electron chi connectivity index (χ2n) is 4.31. The molecule has 6 heteroatoms. The molecule has 6 nitrogen and oxygen atoms in total. The van der Waals surface area contributed by atoms with E-state index in [0.717, 1.165) is 5.56 Å². The standard InChI is InChI=1S/C15H14N2O4/c1-21-15(18)13-4-2-3-5-14(13)16-10-11-6-8-12(9-7-11)17(19)20/h2-9,16H,10H2,1H3. The van der Waals surface area contributed by atoms with Crippen LogP contribution in [0.3, 0.4) is 0 Å². The Morgan fingerprint density at radius 3 is 2.48 bits per heavy atom. The molecule has 108 valence electrons. The zero-order chi connectivity index (χ0) is 15.2. The lowest BCUT2D eigenvalue weighted by Crippen LogP contribution is -2.08. The number of rotatable bonds is 5. The minimum absolute atomic E-state index is 0.0497. The number of para-hydroxylation sites is 1. The number of hydrogen-bond donors (Lipinski definition) is 1. The predicted octanol–water partition coefficient (Wildman–Crippen LogP) is 2.99. The Hall–Kier alpha value is -2.89. The van der Waals surface area contributed by atoms with Crippen LogP contribution in [-0.4, -0.2) is 18.0 Å². The van der Waals surface area contributed by atoms with Crippen LogP contribution in [0.25, 0.3) is 0 Å². The summed E-state index contributed by atoms with van der Waals surface area (Å²) < 4.78 is 4.72. The van der Waals surface area contributed by atoms with Crippen molar-refractivity contribution in [3.8, 4) is 0 Å². The fraction of sp³-hybridized carbons (Fsp3) is 0.133. The van der Waals surface area contributed by atoms with E-state index < -0.39 is 10.9 Å². The number of hydrogen-bond acceptors (Lipinski definition) is 5. The van der Waals surface area contributed by atoms with Crippen molar-refractivity contribution in [2.45, 2.75) is 6.54 Å². The van der Waals surface area contributed by atoms with Crippen molar-refractivity contribution >= 4 is 17.3 Å². The molecule has 0 atom stereocenters. The number of nitro benzene ring substituents is 1. The Morgan fingerprint density at radius 1 is 1.19 bits per heavy atom. The van der Waals surface area contributed by atoms with Gasteiger partial charge in [-0.3, -0.25) is 10.1 Å². The van der Waals surface area contributed by atoms with Gasteiger partial charge in [-0.2, -0.15) is 0 Å². The molecule has 2 aromatic carbocycles. The molecule has 0 aromatic heterocycles. The molecular formula is C15H14N2O4. The minimum atomic E-state index is -0.441. The highest BCUT2D eigenvalue weighted by Crippen LogP contribution is 2.18. The molecule has 0 aliphatic carbocycles. The zero-order valence-electron chi connectivity index (χ0n) is 11.4. The third-order valence-corrected chi connectivity index (χ3v) is 2.96. The van der Waals surface area contributed by atoms with Gasteiger partial charge in [0.05, 0.1) is 17.6 Å². The molecule has 2 rings (SSSR count). The first-order chi connectivity index (χ1) is 10.1. The van der Waals surface area contributed by atoms with Crippen molar-refractivity contribution in [3.05, 3.63) is 69.8 Å². The van der Waals surface area contributed by atoms with E-state index in [1.54, 1.807) is 30.3 Å². The van der Waals surface area contributed by atoms with Crippen LogP contribution in [0.4, 0.5) is 11.4 Å². The molecule has 0 amide bonds. The summed E-state index contributed by atoms with van der Waals surface area (Å²) in [7, 11) is 1.33. The van der Waals surface area contributed by atoms with Crippen LogP contribution in [0.15, 0.2) is 48.5 Å². The van der Waals surface area contributed by atoms with Crippen LogP contribution in [0.5, 0.6) is 0 Å². The zero-order valence-corrected chi connectivity index (χ0v) is 11.4. The van der Waals surface area contributed by atoms with Gasteiger partial charge in [0.25, 0.3) is 5.69 Å². The summed E-state index contributed by atoms with van der Waals surface area (Å²) in [6, 6.07) is 13.2. The average molecular weight is 286 g/mol. The first-order valence-corrected chi connectivity index (χ1v) is 6.26. The first-order valence-electron chi connectivity index (χ1n) is 6.26. The topological polar surface area (TPSA) is 81.5 Å². The quantitative estimate of drug-likeness (QED) is 0.519. The van der Waals surface area contributed by atoms with Gasteiger partial charge in [0.2, 0.25) is 0 Å². The molecule has 0 radical (unpaired) electrons. The van der Waals surface area contributed by atoms with Crippen molar-refractivity contribution in [2.75, 3.05) is 12.4 Å². The normalized spacial score (nSPS) is 9.95. The van der Waals surface area contributed by atoms with Crippen molar-refractivity contribution in [3.63, 3.8) is 0 Å². The second-order valence-corrected chi connectivity index (χ2v) is 4.31. The molecule has 0 aliphatic rings. The molecule has 0 unspecified atom stereocenters. The molecule has 0 aliphatic heterocycles. The summed E-state index contributed by atoms with van der Waals surface area (Å²) in [5, 5.41) is 13.7. The van der Waals surface area contributed by atoms with Crippen LogP contribution < -0.4 is 5.32 Å². The number of nitrogens with zero attached hydrogens (tertiary/aromatic N) is 1. The number of carbonyl (C=O) groups excluding carboxylic acids is 1. The van der Waals surface area contributed by atoms with Crippen LogP contribution in [0.2, 0.25) is 0 Å². The van der Waals surface area contributed by atoms with Crippen molar-refractivity contribution in [1.82, 2.24) is 0 Å². The number of benzene rings is 2. The maximum atomic E-state index is 11.6. The van der Waals surface area contributed by atoms with Crippen LogP contribution in [0.1, 0.15) is 15.9 Å². The lowest BCUT2D eigenvalue weighted by atomic mass is 10.1. The average Bonchev–Trinajstić information content (AvgIpc) is 2.52. The Kier molecular flexibility index (Phi) is 4.50. The molecular weight excluding hydrogens is 272 g/mol. The fourth-order valence-corrected chi connectivity index (χ4v) is 1.86. The summed E-state index contributed by atoms with van der Waals surface area (Å²) in [5.41, 5.74) is 2.03. The van der Waals surface area contributed by atoms with E-state index in [-0.39, 0.29) is 5.69 Å². The second kappa shape index (κ2) is 6.51. The predicted molar refractivity (Wildman–Crippen MR) is 78.2 cm³/mol. The number of nitrogens with one attached hydrogen (secondary N) is 1. The van der Waals surface area contributed by atoms with Gasteiger partial charge in [0.1, 0.15) is 0 Å². The molecule has 0 bridgehead atoms. The minimum Gasteiger partial charge on any atom is -0.465 e. The SMILES string of the molecule is COC(=O)c1ccccc1NCc1ccc([N+](=O)[O-])cc1. The summed E-state index contributed by atoms with van der Waals surface area (Å²) in [6.45, 7) is 0.450. The Morgan fingerprint density at radius 2 is 1.86 bits per heavy atom. The largest absolute Gasteiger partial charge is 0.465 e. The lowest BCUT2D eigenvalue weighted by molar-refractivity contribution is -0.384. The van der Waals surface area contributed by atoms with Crippen LogP contribution in [0, 0.1) is 10.1 Å². The van der Waals surface area contributed by atoms with Gasteiger partial charge >= 0.3 is 5.97 Å². The molecule has 0 saturated heterocycles. The number of esters is 1. The van der Waals surface area contributed by atoms with E-state index >= 15 is 0 Å². The van der Waals surface area contributed by atoms with E-state index in [9.17, 15) is 14.9 Å². The summed E-state index contributed by atoms with van der Waals surface area (Å²) in [4.78, 5) is 21.8. The van der Waals surface area contributed by atoms with Crippen molar-refractivity contribution in [1.29, 1.82) is 0 Å². The molecule has 0 heterocycles.